The molecule has 0 heterocycles. The number of carboxylic acid groups (broad SMARTS) is 1. The summed E-state index contributed by atoms with van der Waals surface area (Å²) < 4.78 is 10.7. The van der Waals surface area contributed by atoms with E-state index in [2.05, 4.69) is 0 Å². The molecule has 0 bridgehead atoms. The van der Waals surface area contributed by atoms with Gasteiger partial charge in [-0.15, -0.1) is 0 Å². The van der Waals surface area contributed by atoms with Crippen LogP contribution in [-0.2, 0) is 4.79 Å². The lowest BCUT2D eigenvalue weighted by Gasteiger charge is -2.07. The van der Waals surface area contributed by atoms with Gasteiger partial charge in [-0.05, 0) is 25.0 Å². The van der Waals surface area contributed by atoms with E-state index < -0.39 is 5.97 Å². The zero-order valence-corrected chi connectivity index (χ0v) is 10.7. The maximum atomic E-state index is 10.3. The van der Waals surface area contributed by atoms with Crippen molar-refractivity contribution in [3.05, 3.63) is 24.3 Å². The predicted octanol–water partition coefficient (Wildman–Crippen LogP) is 3.11. The standard InChI is InChI=1S/C14H20O4/c1-17-12-7-6-8-13(11-12)18-10-5-3-2-4-9-14(15)16/h6-8,11H,2-5,9-10H2,1H3,(H,15,16). The second kappa shape index (κ2) is 8.39. The Balaban J connectivity index is 2.08. The fourth-order valence-corrected chi connectivity index (χ4v) is 1.61. The first-order valence-electron chi connectivity index (χ1n) is 6.21. The van der Waals surface area contributed by atoms with Crippen LogP contribution in [0.5, 0.6) is 11.5 Å². The van der Waals surface area contributed by atoms with E-state index >= 15 is 0 Å². The van der Waals surface area contributed by atoms with E-state index in [9.17, 15) is 4.79 Å². The molecular formula is C14H20O4. The summed E-state index contributed by atoms with van der Waals surface area (Å²) in [5, 5.41) is 8.48. The van der Waals surface area contributed by atoms with E-state index in [4.69, 9.17) is 14.6 Å². The highest BCUT2D eigenvalue weighted by atomic mass is 16.5. The monoisotopic (exact) mass is 252 g/mol. The zero-order valence-electron chi connectivity index (χ0n) is 10.7. The summed E-state index contributed by atoms with van der Waals surface area (Å²) in [4.78, 5) is 10.3. The van der Waals surface area contributed by atoms with E-state index in [1.54, 1.807) is 7.11 Å². The van der Waals surface area contributed by atoms with Gasteiger partial charge in [-0.1, -0.05) is 18.9 Å². The molecule has 0 amide bonds. The number of carboxylic acids is 1. The Labute approximate surface area is 108 Å². The molecule has 0 aromatic heterocycles. The SMILES string of the molecule is COc1cccc(OCCCCCCC(=O)O)c1. The van der Waals surface area contributed by atoms with Crippen molar-refractivity contribution in [1.29, 1.82) is 0 Å². The predicted molar refractivity (Wildman–Crippen MR) is 69.2 cm³/mol. The quantitative estimate of drug-likeness (QED) is 0.686. The molecule has 0 saturated carbocycles. The van der Waals surface area contributed by atoms with Crippen LogP contribution in [0.15, 0.2) is 24.3 Å². The average molecular weight is 252 g/mol. The zero-order chi connectivity index (χ0) is 13.2. The molecule has 0 atom stereocenters. The first-order chi connectivity index (χ1) is 8.72. The highest BCUT2D eigenvalue weighted by molar-refractivity contribution is 5.66. The average Bonchev–Trinajstić information content (AvgIpc) is 2.37. The topological polar surface area (TPSA) is 55.8 Å². The molecule has 100 valence electrons. The lowest BCUT2D eigenvalue weighted by atomic mass is 10.1. The van der Waals surface area contributed by atoms with E-state index in [0.717, 1.165) is 37.2 Å². The normalized spacial score (nSPS) is 10.1. The van der Waals surface area contributed by atoms with Crippen molar-refractivity contribution in [2.75, 3.05) is 13.7 Å². The smallest absolute Gasteiger partial charge is 0.303 e. The number of unbranched alkanes of at least 4 members (excludes halogenated alkanes) is 3. The van der Waals surface area contributed by atoms with Gasteiger partial charge in [-0.2, -0.15) is 0 Å². The molecule has 1 rings (SSSR count). The summed E-state index contributed by atoms with van der Waals surface area (Å²) in [6.07, 6.45) is 3.88. The minimum atomic E-state index is -0.720. The summed E-state index contributed by atoms with van der Waals surface area (Å²) in [7, 11) is 1.63. The molecule has 0 aliphatic rings. The van der Waals surface area contributed by atoms with E-state index in [-0.39, 0.29) is 6.42 Å². The lowest BCUT2D eigenvalue weighted by molar-refractivity contribution is -0.137. The van der Waals surface area contributed by atoms with Crippen molar-refractivity contribution in [3.63, 3.8) is 0 Å². The van der Waals surface area contributed by atoms with Crippen LogP contribution >= 0.6 is 0 Å². The molecule has 0 fully saturated rings. The summed E-state index contributed by atoms with van der Waals surface area (Å²) in [5.74, 6) is 0.872. The number of carbonyl (C=O) groups is 1. The van der Waals surface area contributed by atoms with Gasteiger partial charge < -0.3 is 14.6 Å². The number of rotatable bonds is 9. The van der Waals surface area contributed by atoms with Gasteiger partial charge in [0.2, 0.25) is 0 Å². The van der Waals surface area contributed by atoms with Crippen LogP contribution < -0.4 is 9.47 Å². The Morgan fingerprint density at radius 1 is 1.17 bits per heavy atom. The molecular weight excluding hydrogens is 232 g/mol. The summed E-state index contributed by atoms with van der Waals surface area (Å²) >= 11 is 0. The van der Waals surface area contributed by atoms with Gasteiger partial charge in [0.1, 0.15) is 11.5 Å². The highest BCUT2D eigenvalue weighted by Gasteiger charge is 1.98. The summed E-state index contributed by atoms with van der Waals surface area (Å²) in [6, 6.07) is 7.51. The molecule has 1 aromatic carbocycles. The number of hydrogen-bond acceptors (Lipinski definition) is 3. The first kappa shape index (κ1) is 14.4. The van der Waals surface area contributed by atoms with Crippen LogP contribution in [0.25, 0.3) is 0 Å². The number of aliphatic carboxylic acids is 1. The van der Waals surface area contributed by atoms with Gasteiger partial charge >= 0.3 is 5.97 Å². The maximum Gasteiger partial charge on any atom is 0.303 e. The maximum absolute atomic E-state index is 10.3. The molecule has 0 saturated heterocycles. The molecule has 1 aromatic rings. The third-order valence-corrected chi connectivity index (χ3v) is 2.59. The number of ether oxygens (including phenoxy) is 2. The minimum absolute atomic E-state index is 0.261. The Hall–Kier alpha value is -1.71. The molecule has 0 aliphatic heterocycles. The number of methoxy groups -OCH3 is 1. The Bertz CT molecular complexity index is 363. The number of hydrogen-bond donors (Lipinski definition) is 1. The van der Waals surface area contributed by atoms with Crippen LogP contribution in [0.1, 0.15) is 32.1 Å². The second-order valence-corrected chi connectivity index (χ2v) is 4.09. The summed E-state index contributed by atoms with van der Waals surface area (Å²) in [6.45, 7) is 0.653. The Morgan fingerprint density at radius 2 is 1.89 bits per heavy atom. The lowest BCUT2D eigenvalue weighted by Crippen LogP contribution is -1.98. The molecule has 0 spiro atoms. The van der Waals surface area contributed by atoms with Crippen molar-refractivity contribution in [3.8, 4) is 11.5 Å². The fraction of sp³-hybridized carbons (Fsp3) is 0.500. The van der Waals surface area contributed by atoms with E-state index in [1.807, 2.05) is 24.3 Å². The van der Waals surface area contributed by atoms with E-state index in [0.29, 0.717) is 6.61 Å². The molecule has 4 nitrogen and oxygen atoms in total. The number of benzene rings is 1. The van der Waals surface area contributed by atoms with Crippen LogP contribution in [0.4, 0.5) is 0 Å². The molecule has 4 heteroatoms. The first-order valence-corrected chi connectivity index (χ1v) is 6.21. The third-order valence-electron chi connectivity index (χ3n) is 2.59. The van der Waals surface area contributed by atoms with Crippen molar-refractivity contribution >= 4 is 5.97 Å². The molecule has 0 unspecified atom stereocenters. The third kappa shape index (κ3) is 6.13. The van der Waals surface area contributed by atoms with Gasteiger partial charge in [0.25, 0.3) is 0 Å². The second-order valence-electron chi connectivity index (χ2n) is 4.09. The summed E-state index contributed by atoms with van der Waals surface area (Å²) in [5.41, 5.74) is 0. The van der Waals surface area contributed by atoms with Crippen molar-refractivity contribution < 1.29 is 19.4 Å². The van der Waals surface area contributed by atoms with Crippen LogP contribution in [0.2, 0.25) is 0 Å². The van der Waals surface area contributed by atoms with Crippen LogP contribution in [-0.4, -0.2) is 24.8 Å². The fourth-order valence-electron chi connectivity index (χ4n) is 1.61. The largest absolute Gasteiger partial charge is 0.497 e. The molecule has 0 radical (unpaired) electrons. The van der Waals surface area contributed by atoms with Crippen LogP contribution in [0.3, 0.4) is 0 Å². The Morgan fingerprint density at radius 3 is 2.61 bits per heavy atom. The van der Waals surface area contributed by atoms with E-state index in [1.165, 1.54) is 0 Å². The van der Waals surface area contributed by atoms with Gasteiger partial charge in [0.15, 0.2) is 0 Å². The van der Waals surface area contributed by atoms with Crippen molar-refractivity contribution in [2.24, 2.45) is 0 Å². The molecule has 1 N–H and O–H groups in total. The van der Waals surface area contributed by atoms with Crippen molar-refractivity contribution in [2.45, 2.75) is 32.1 Å². The Kier molecular flexibility index (Phi) is 6.69. The highest BCUT2D eigenvalue weighted by Crippen LogP contribution is 2.19. The van der Waals surface area contributed by atoms with Gasteiger partial charge in [-0.3, -0.25) is 4.79 Å². The van der Waals surface area contributed by atoms with Crippen molar-refractivity contribution in [1.82, 2.24) is 0 Å². The van der Waals surface area contributed by atoms with Crippen LogP contribution in [0, 0.1) is 0 Å². The molecule has 18 heavy (non-hydrogen) atoms. The van der Waals surface area contributed by atoms with Gasteiger partial charge in [-0.25, -0.2) is 0 Å². The van der Waals surface area contributed by atoms with Gasteiger partial charge in [0, 0.05) is 12.5 Å². The molecule has 0 aliphatic carbocycles. The van der Waals surface area contributed by atoms with Gasteiger partial charge in [0.05, 0.1) is 13.7 Å². The minimum Gasteiger partial charge on any atom is -0.497 e.